The maximum absolute atomic E-state index is 12.6. The molecule has 0 aromatic heterocycles. The van der Waals surface area contributed by atoms with Crippen molar-refractivity contribution in [3.8, 4) is 5.75 Å². The summed E-state index contributed by atoms with van der Waals surface area (Å²) in [7, 11) is 3.36. The molecule has 3 aromatic carbocycles. The van der Waals surface area contributed by atoms with Crippen LogP contribution in [0, 0.1) is 0 Å². The smallest absolute Gasteiger partial charge is 0.335 e. The number of carbonyl (C=O) groups is 2. The van der Waals surface area contributed by atoms with Crippen molar-refractivity contribution in [3.05, 3.63) is 83.4 Å². The van der Waals surface area contributed by atoms with Crippen LogP contribution in [0.2, 0.25) is 0 Å². The largest absolute Gasteiger partial charge is 0.488 e. The highest BCUT2D eigenvalue weighted by Gasteiger charge is 2.14. The van der Waals surface area contributed by atoms with Gasteiger partial charge in [0.15, 0.2) is 0 Å². The minimum absolute atomic E-state index is 0.103. The number of rotatable bonds is 6. The lowest BCUT2D eigenvalue weighted by molar-refractivity contribution is -0.125. The lowest BCUT2D eigenvalue weighted by atomic mass is 10.1. The number of amides is 1. The standard InChI is InChI=1S/C23H21NO4/c1-24(2)22(25)19(14-16-10-12-18(13-11-16)23(26)27)15-28-21-9-5-7-17-6-3-4-8-20(17)21/h3-14H,15H2,1-2H3,(H,26,27)/b19-14+. The molecule has 0 unspecified atom stereocenters. The first-order valence-corrected chi connectivity index (χ1v) is 8.82. The van der Waals surface area contributed by atoms with Gasteiger partial charge in [0.25, 0.3) is 5.91 Å². The van der Waals surface area contributed by atoms with Crippen LogP contribution >= 0.6 is 0 Å². The fourth-order valence-corrected chi connectivity index (χ4v) is 2.85. The highest BCUT2D eigenvalue weighted by Crippen LogP contribution is 2.26. The van der Waals surface area contributed by atoms with Crippen LogP contribution in [0.3, 0.4) is 0 Å². The Balaban J connectivity index is 1.88. The summed E-state index contributed by atoms with van der Waals surface area (Å²) in [6.07, 6.45) is 1.72. The highest BCUT2D eigenvalue weighted by molar-refractivity contribution is 5.98. The van der Waals surface area contributed by atoms with E-state index in [1.165, 1.54) is 17.0 Å². The van der Waals surface area contributed by atoms with Crippen molar-refractivity contribution in [1.82, 2.24) is 4.90 Å². The average molecular weight is 375 g/mol. The zero-order valence-electron chi connectivity index (χ0n) is 15.8. The number of carboxylic acids is 1. The molecule has 0 atom stereocenters. The molecule has 3 rings (SSSR count). The Hall–Kier alpha value is -3.60. The molecule has 0 aliphatic carbocycles. The summed E-state index contributed by atoms with van der Waals surface area (Å²) in [6.45, 7) is 0.103. The van der Waals surface area contributed by atoms with Gasteiger partial charge in [0.1, 0.15) is 12.4 Å². The van der Waals surface area contributed by atoms with E-state index in [1.54, 1.807) is 32.3 Å². The zero-order valence-corrected chi connectivity index (χ0v) is 15.8. The second-order valence-electron chi connectivity index (χ2n) is 6.56. The molecule has 0 heterocycles. The van der Waals surface area contributed by atoms with Crippen LogP contribution in [-0.4, -0.2) is 42.6 Å². The van der Waals surface area contributed by atoms with Crippen LogP contribution in [0.15, 0.2) is 72.3 Å². The van der Waals surface area contributed by atoms with E-state index in [2.05, 4.69) is 0 Å². The topological polar surface area (TPSA) is 66.8 Å². The van der Waals surface area contributed by atoms with Crippen molar-refractivity contribution in [2.45, 2.75) is 0 Å². The third-order valence-electron chi connectivity index (χ3n) is 4.31. The Morgan fingerprint density at radius 3 is 2.32 bits per heavy atom. The summed E-state index contributed by atoms with van der Waals surface area (Å²) >= 11 is 0. The highest BCUT2D eigenvalue weighted by atomic mass is 16.5. The number of hydrogen-bond donors (Lipinski definition) is 1. The molecule has 3 aromatic rings. The van der Waals surface area contributed by atoms with E-state index < -0.39 is 5.97 Å². The lowest BCUT2D eigenvalue weighted by Crippen LogP contribution is -2.26. The Kier molecular flexibility index (Phi) is 5.75. The number of fused-ring (bicyclic) bond motifs is 1. The van der Waals surface area contributed by atoms with Crippen molar-refractivity contribution in [2.75, 3.05) is 20.7 Å². The van der Waals surface area contributed by atoms with Gasteiger partial charge in [-0.3, -0.25) is 4.79 Å². The number of nitrogens with zero attached hydrogens (tertiary/aromatic N) is 1. The summed E-state index contributed by atoms with van der Waals surface area (Å²) in [5.41, 5.74) is 1.40. The van der Waals surface area contributed by atoms with E-state index in [0.717, 1.165) is 16.3 Å². The summed E-state index contributed by atoms with van der Waals surface area (Å²) < 4.78 is 5.98. The van der Waals surface area contributed by atoms with Gasteiger partial charge in [-0.2, -0.15) is 0 Å². The Labute approximate surface area is 163 Å². The van der Waals surface area contributed by atoms with Crippen LogP contribution in [0.1, 0.15) is 15.9 Å². The summed E-state index contributed by atoms with van der Waals surface area (Å²) in [4.78, 5) is 25.1. The molecule has 5 heteroatoms. The Bertz CT molecular complexity index is 1030. The first-order chi connectivity index (χ1) is 13.5. The van der Waals surface area contributed by atoms with E-state index in [1.807, 2.05) is 42.5 Å². The van der Waals surface area contributed by atoms with Gasteiger partial charge >= 0.3 is 5.97 Å². The Morgan fingerprint density at radius 1 is 0.964 bits per heavy atom. The number of benzene rings is 3. The molecule has 0 saturated carbocycles. The van der Waals surface area contributed by atoms with Gasteiger partial charge < -0.3 is 14.7 Å². The molecule has 0 fully saturated rings. The molecule has 28 heavy (non-hydrogen) atoms. The third-order valence-corrected chi connectivity index (χ3v) is 4.31. The number of ether oxygens (including phenoxy) is 1. The van der Waals surface area contributed by atoms with Gasteiger partial charge in [-0.25, -0.2) is 4.79 Å². The van der Waals surface area contributed by atoms with Gasteiger partial charge in [0, 0.05) is 19.5 Å². The molecule has 142 valence electrons. The van der Waals surface area contributed by atoms with E-state index in [9.17, 15) is 9.59 Å². The molecule has 0 aliphatic rings. The fourth-order valence-electron chi connectivity index (χ4n) is 2.85. The lowest BCUT2D eigenvalue weighted by Gasteiger charge is -2.15. The molecular formula is C23H21NO4. The van der Waals surface area contributed by atoms with E-state index in [0.29, 0.717) is 11.3 Å². The number of aromatic carboxylic acids is 1. The second kappa shape index (κ2) is 8.39. The fraction of sp³-hybridized carbons (Fsp3) is 0.130. The summed E-state index contributed by atoms with van der Waals surface area (Å²) in [5, 5.41) is 11.1. The second-order valence-corrected chi connectivity index (χ2v) is 6.56. The third kappa shape index (κ3) is 4.38. The summed E-state index contributed by atoms with van der Waals surface area (Å²) in [6, 6.07) is 20.1. The maximum Gasteiger partial charge on any atom is 0.335 e. The molecular weight excluding hydrogens is 354 g/mol. The predicted octanol–water partition coefficient (Wildman–Crippen LogP) is 4.09. The minimum Gasteiger partial charge on any atom is -0.488 e. The molecule has 0 saturated heterocycles. The maximum atomic E-state index is 12.6. The molecule has 5 nitrogen and oxygen atoms in total. The first-order valence-electron chi connectivity index (χ1n) is 8.82. The number of hydrogen-bond acceptors (Lipinski definition) is 3. The first kappa shape index (κ1) is 19.2. The monoisotopic (exact) mass is 375 g/mol. The van der Waals surface area contributed by atoms with Crippen LogP contribution in [0.5, 0.6) is 5.75 Å². The summed E-state index contributed by atoms with van der Waals surface area (Å²) in [5.74, 6) is -0.446. The quantitative estimate of drug-likeness (QED) is 0.659. The van der Waals surface area contributed by atoms with E-state index in [-0.39, 0.29) is 18.1 Å². The van der Waals surface area contributed by atoms with Crippen molar-refractivity contribution in [3.63, 3.8) is 0 Å². The molecule has 1 amide bonds. The van der Waals surface area contributed by atoms with Gasteiger partial charge in [0.05, 0.1) is 11.1 Å². The minimum atomic E-state index is -0.987. The van der Waals surface area contributed by atoms with Crippen LogP contribution < -0.4 is 4.74 Å². The van der Waals surface area contributed by atoms with Crippen molar-refractivity contribution >= 4 is 28.7 Å². The van der Waals surface area contributed by atoms with Gasteiger partial charge in [0.2, 0.25) is 0 Å². The molecule has 0 aliphatic heterocycles. The van der Waals surface area contributed by atoms with Crippen LogP contribution in [0.25, 0.3) is 16.8 Å². The van der Waals surface area contributed by atoms with Crippen molar-refractivity contribution < 1.29 is 19.4 Å². The van der Waals surface area contributed by atoms with E-state index in [4.69, 9.17) is 9.84 Å². The van der Waals surface area contributed by atoms with E-state index >= 15 is 0 Å². The normalized spacial score (nSPS) is 11.3. The van der Waals surface area contributed by atoms with Crippen molar-refractivity contribution in [1.29, 1.82) is 0 Å². The van der Waals surface area contributed by atoms with Gasteiger partial charge in [-0.05, 0) is 35.2 Å². The molecule has 1 N–H and O–H groups in total. The zero-order chi connectivity index (χ0) is 20.1. The van der Waals surface area contributed by atoms with Crippen molar-refractivity contribution in [2.24, 2.45) is 0 Å². The number of carbonyl (C=O) groups excluding carboxylic acids is 1. The number of likely N-dealkylation sites (N-methyl/N-ethyl adjacent to an activating group) is 1. The predicted molar refractivity (Wildman–Crippen MR) is 110 cm³/mol. The Morgan fingerprint density at radius 2 is 1.64 bits per heavy atom. The van der Waals surface area contributed by atoms with Gasteiger partial charge in [-0.1, -0.05) is 48.5 Å². The average Bonchev–Trinajstić information content (AvgIpc) is 2.70. The molecule has 0 spiro atoms. The number of carboxylic acid groups (broad SMARTS) is 1. The molecule has 0 radical (unpaired) electrons. The molecule has 0 bridgehead atoms. The van der Waals surface area contributed by atoms with Crippen LogP contribution in [-0.2, 0) is 4.79 Å². The van der Waals surface area contributed by atoms with Crippen LogP contribution in [0.4, 0.5) is 0 Å². The SMILES string of the molecule is CN(C)C(=O)/C(=C/c1ccc(C(=O)O)cc1)COc1cccc2ccccc12. The van der Waals surface area contributed by atoms with Gasteiger partial charge in [-0.15, -0.1) is 0 Å².